The quantitative estimate of drug-likeness (QED) is 0.258. The van der Waals surface area contributed by atoms with Crippen molar-refractivity contribution in [1.82, 2.24) is 14.9 Å². The number of fused-ring (bicyclic) bond motifs is 1. The molecule has 6 nitrogen and oxygen atoms in total. The van der Waals surface area contributed by atoms with Crippen molar-refractivity contribution in [1.29, 1.82) is 0 Å². The van der Waals surface area contributed by atoms with Crippen LogP contribution in [0.3, 0.4) is 0 Å². The molecule has 0 saturated carbocycles. The number of aryl methyl sites for hydroxylation is 1. The maximum atomic E-state index is 12.1. The Hall–Kier alpha value is -4.06. The fraction of sp³-hybridized carbons (Fsp3) is 0.214. The number of nitrogens with one attached hydrogen (secondary N) is 1. The lowest BCUT2D eigenvalue weighted by Gasteiger charge is -2.11. The number of rotatable bonds is 11. The third kappa shape index (κ3) is 6.25. The Bertz CT molecular complexity index is 1250. The predicted octanol–water partition coefficient (Wildman–Crippen LogP) is 4.89. The minimum Gasteiger partial charge on any atom is -0.497 e. The first kappa shape index (κ1) is 23.1. The van der Waals surface area contributed by atoms with E-state index in [-0.39, 0.29) is 5.91 Å². The number of nitrogens with zero attached hydrogens (tertiary/aromatic N) is 2. The van der Waals surface area contributed by atoms with E-state index >= 15 is 0 Å². The van der Waals surface area contributed by atoms with Crippen LogP contribution in [0.15, 0.2) is 84.9 Å². The summed E-state index contributed by atoms with van der Waals surface area (Å²) in [5, 5.41) is 2.95. The van der Waals surface area contributed by atoms with E-state index in [9.17, 15) is 4.79 Å². The van der Waals surface area contributed by atoms with Crippen LogP contribution in [0, 0.1) is 0 Å². The van der Waals surface area contributed by atoms with E-state index in [4.69, 9.17) is 14.5 Å². The van der Waals surface area contributed by atoms with Gasteiger partial charge in [0.1, 0.15) is 23.9 Å². The number of aromatic nitrogens is 2. The second-order valence-electron chi connectivity index (χ2n) is 7.83. The Morgan fingerprint density at radius 2 is 1.79 bits per heavy atom. The van der Waals surface area contributed by atoms with Crippen molar-refractivity contribution in [2.45, 2.75) is 19.4 Å². The van der Waals surface area contributed by atoms with Gasteiger partial charge < -0.3 is 19.4 Å². The number of hydrogen-bond acceptors (Lipinski definition) is 4. The van der Waals surface area contributed by atoms with Gasteiger partial charge in [-0.1, -0.05) is 48.5 Å². The van der Waals surface area contributed by atoms with Gasteiger partial charge in [-0.15, -0.1) is 0 Å². The molecule has 0 saturated heterocycles. The summed E-state index contributed by atoms with van der Waals surface area (Å²) >= 11 is 0. The number of hydrogen-bond donors (Lipinski definition) is 1. The van der Waals surface area contributed by atoms with Crippen molar-refractivity contribution in [2.75, 3.05) is 20.3 Å². The van der Waals surface area contributed by atoms with Crippen LogP contribution in [0.25, 0.3) is 17.1 Å². The molecule has 0 aliphatic heterocycles. The molecular formula is C28H29N3O3. The summed E-state index contributed by atoms with van der Waals surface area (Å²) in [5.41, 5.74) is 3.05. The van der Waals surface area contributed by atoms with Crippen LogP contribution in [-0.2, 0) is 17.8 Å². The smallest absolute Gasteiger partial charge is 0.243 e. The average molecular weight is 456 g/mol. The zero-order chi connectivity index (χ0) is 23.6. The van der Waals surface area contributed by atoms with E-state index in [0.29, 0.717) is 19.7 Å². The van der Waals surface area contributed by atoms with Gasteiger partial charge in [0.15, 0.2) is 0 Å². The first-order chi connectivity index (χ1) is 16.7. The van der Waals surface area contributed by atoms with Crippen LogP contribution in [0.5, 0.6) is 11.5 Å². The van der Waals surface area contributed by atoms with Crippen LogP contribution >= 0.6 is 0 Å². The zero-order valence-corrected chi connectivity index (χ0v) is 19.3. The van der Waals surface area contributed by atoms with Crippen molar-refractivity contribution in [3.05, 3.63) is 96.3 Å². The highest BCUT2D eigenvalue weighted by Gasteiger charge is 2.10. The van der Waals surface area contributed by atoms with Gasteiger partial charge in [0.2, 0.25) is 5.91 Å². The molecule has 1 heterocycles. The molecule has 3 aromatic carbocycles. The molecular weight excluding hydrogens is 426 g/mol. The van der Waals surface area contributed by atoms with Crippen molar-refractivity contribution in [3.63, 3.8) is 0 Å². The van der Waals surface area contributed by atoms with Gasteiger partial charge >= 0.3 is 0 Å². The fourth-order valence-electron chi connectivity index (χ4n) is 3.76. The van der Waals surface area contributed by atoms with E-state index in [0.717, 1.165) is 46.8 Å². The van der Waals surface area contributed by atoms with Gasteiger partial charge in [-0.3, -0.25) is 4.79 Å². The Morgan fingerprint density at radius 1 is 1.00 bits per heavy atom. The normalized spacial score (nSPS) is 11.1. The summed E-state index contributed by atoms with van der Waals surface area (Å²) in [5.74, 6) is 2.44. The molecule has 0 unspecified atom stereocenters. The molecule has 0 spiro atoms. The van der Waals surface area contributed by atoms with Crippen molar-refractivity contribution >= 4 is 23.0 Å². The molecule has 34 heavy (non-hydrogen) atoms. The number of ether oxygens (including phenoxy) is 2. The fourth-order valence-corrected chi connectivity index (χ4v) is 3.76. The maximum Gasteiger partial charge on any atom is 0.243 e. The number of imidazole rings is 1. The third-order valence-electron chi connectivity index (χ3n) is 5.46. The summed E-state index contributed by atoms with van der Waals surface area (Å²) in [4.78, 5) is 16.9. The number of amides is 1. The molecule has 0 radical (unpaired) electrons. The predicted molar refractivity (Wildman–Crippen MR) is 135 cm³/mol. The molecule has 0 fully saturated rings. The van der Waals surface area contributed by atoms with E-state index < -0.39 is 0 Å². The standard InChI is InChI=1S/C28H29N3O3/c1-33-23-11-7-12-24(21-23)34-20-19-31-26-14-6-5-13-25(26)30-27(31)15-8-18-29-28(32)17-16-22-9-3-2-4-10-22/h2-7,9-14,16-17,21H,8,15,18-20H2,1H3,(H,29,32)/b17-16-. The first-order valence-corrected chi connectivity index (χ1v) is 11.4. The molecule has 1 amide bonds. The van der Waals surface area contributed by atoms with Gasteiger partial charge in [-0.25, -0.2) is 4.98 Å². The lowest BCUT2D eigenvalue weighted by atomic mass is 10.2. The minimum atomic E-state index is -0.0935. The second kappa shape index (κ2) is 11.7. The Kier molecular flexibility index (Phi) is 7.95. The van der Waals surface area contributed by atoms with E-state index in [2.05, 4.69) is 16.0 Å². The van der Waals surface area contributed by atoms with Crippen molar-refractivity contribution in [3.8, 4) is 11.5 Å². The van der Waals surface area contributed by atoms with E-state index in [1.165, 1.54) is 0 Å². The van der Waals surface area contributed by atoms with E-state index in [1.807, 2.05) is 78.9 Å². The van der Waals surface area contributed by atoms with Gasteiger partial charge in [0, 0.05) is 25.1 Å². The van der Waals surface area contributed by atoms with Crippen LogP contribution in [-0.4, -0.2) is 35.7 Å². The molecule has 0 aliphatic carbocycles. The number of carbonyl (C=O) groups is 1. The monoisotopic (exact) mass is 455 g/mol. The molecule has 0 atom stereocenters. The molecule has 0 aliphatic rings. The molecule has 4 rings (SSSR count). The Morgan fingerprint density at radius 3 is 2.65 bits per heavy atom. The summed E-state index contributed by atoms with van der Waals surface area (Å²) < 4.78 is 13.4. The Labute approximate surface area is 199 Å². The largest absolute Gasteiger partial charge is 0.497 e. The lowest BCUT2D eigenvalue weighted by molar-refractivity contribution is -0.116. The number of methoxy groups -OCH3 is 1. The van der Waals surface area contributed by atoms with Crippen LogP contribution in [0.4, 0.5) is 0 Å². The van der Waals surface area contributed by atoms with Crippen molar-refractivity contribution in [2.24, 2.45) is 0 Å². The minimum absolute atomic E-state index is 0.0935. The SMILES string of the molecule is COc1cccc(OCCn2c(CCCNC(=O)/C=C\c3ccccc3)nc3ccccc32)c1. The van der Waals surface area contributed by atoms with Crippen molar-refractivity contribution < 1.29 is 14.3 Å². The summed E-state index contributed by atoms with van der Waals surface area (Å²) in [7, 11) is 1.64. The maximum absolute atomic E-state index is 12.1. The molecule has 1 aromatic heterocycles. The van der Waals surface area contributed by atoms with Gasteiger partial charge in [-0.2, -0.15) is 0 Å². The molecule has 0 bridgehead atoms. The second-order valence-corrected chi connectivity index (χ2v) is 7.83. The van der Waals surface area contributed by atoms with Gasteiger partial charge in [0.05, 0.1) is 24.7 Å². The molecule has 6 heteroatoms. The lowest BCUT2D eigenvalue weighted by Crippen LogP contribution is -2.23. The molecule has 4 aromatic rings. The summed E-state index contributed by atoms with van der Waals surface area (Å²) in [6, 6.07) is 25.5. The zero-order valence-electron chi connectivity index (χ0n) is 19.3. The Balaban J connectivity index is 1.32. The van der Waals surface area contributed by atoms with Gasteiger partial charge in [-0.05, 0) is 42.3 Å². The highest BCUT2D eigenvalue weighted by atomic mass is 16.5. The van der Waals surface area contributed by atoms with Crippen LogP contribution in [0.1, 0.15) is 17.8 Å². The topological polar surface area (TPSA) is 65.4 Å². The average Bonchev–Trinajstić information content (AvgIpc) is 3.23. The molecule has 174 valence electrons. The van der Waals surface area contributed by atoms with Gasteiger partial charge in [0.25, 0.3) is 0 Å². The van der Waals surface area contributed by atoms with E-state index in [1.54, 1.807) is 13.2 Å². The summed E-state index contributed by atoms with van der Waals surface area (Å²) in [6.45, 7) is 1.78. The highest BCUT2D eigenvalue weighted by Crippen LogP contribution is 2.20. The number of benzene rings is 3. The number of para-hydroxylation sites is 2. The highest BCUT2D eigenvalue weighted by molar-refractivity contribution is 5.91. The molecule has 1 N–H and O–H groups in total. The van der Waals surface area contributed by atoms with Crippen LogP contribution < -0.4 is 14.8 Å². The third-order valence-corrected chi connectivity index (χ3v) is 5.46. The first-order valence-electron chi connectivity index (χ1n) is 11.4. The van der Waals surface area contributed by atoms with Crippen LogP contribution in [0.2, 0.25) is 0 Å². The summed E-state index contributed by atoms with van der Waals surface area (Å²) in [6.07, 6.45) is 4.94. The number of carbonyl (C=O) groups excluding carboxylic acids is 1.